The van der Waals surface area contributed by atoms with Crippen LogP contribution in [0.4, 0.5) is 5.69 Å². The summed E-state index contributed by atoms with van der Waals surface area (Å²) in [6, 6.07) is 19.0. The number of hydrogen-bond donors (Lipinski definition) is 1. The first-order valence-electron chi connectivity index (χ1n) is 8.99. The molecule has 148 valence electrons. The van der Waals surface area contributed by atoms with Crippen LogP contribution in [-0.4, -0.2) is 18.5 Å². The second kappa shape index (κ2) is 9.26. The number of carbonyl (C=O) groups is 2. The van der Waals surface area contributed by atoms with Crippen LogP contribution in [-0.2, 0) is 4.79 Å². The van der Waals surface area contributed by atoms with Crippen molar-refractivity contribution in [1.82, 2.24) is 0 Å². The van der Waals surface area contributed by atoms with Crippen molar-refractivity contribution < 1.29 is 19.1 Å². The van der Waals surface area contributed by atoms with Crippen molar-refractivity contribution in [2.24, 2.45) is 0 Å². The highest BCUT2D eigenvalue weighted by molar-refractivity contribution is 6.32. The van der Waals surface area contributed by atoms with Crippen LogP contribution < -0.4 is 14.8 Å². The van der Waals surface area contributed by atoms with Gasteiger partial charge in [0, 0.05) is 11.3 Å². The van der Waals surface area contributed by atoms with Crippen LogP contribution in [0.1, 0.15) is 21.5 Å². The Morgan fingerprint density at radius 1 is 0.966 bits per heavy atom. The maximum absolute atomic E-state index is 12.4. The van der Waals surface area contributed by atoms with Crippen LogP contribution in [0.2, 0.25) is 5.02 Å². The summed E-state index contributed by atoms with van der Waals surface area (Å²) in [7, 11) is 0. The van der Waals surface area contributed by atoms with Crippen LogP contribution in [0.15, 0.2) is 66.7 Å². The van der Waals surface area contributed by atoms with Crippen LogP contribution in [0, 0.1) is 13.8 Å². The van der Waals surface area contributed by atoms with Crippen LogP contribution >= 0.6 is 11.6 Å². The molecule has 0 aliphatic heterocycles. The minimum absolute atomic E-state index is 0.239. The molecule has 0 unspecified atom stereocenters. The molecule has 0 saturated heterocycles. The van der Waals surface area contributed by atoms with Gasteiger partial charge in [-0.2, -0.15) is 0 Å². The SMILES string of the molecule is Cc1ccc(NC(=O)c2ccc(OC(=O)COc3ccccc3Cl)cc2)c(C)c1. The zero-order chi connectivity index (χ0) is 20.8. The molecular weight excluding hydrogens is 390 g/mol. The van der Waals surface area contributed by atoms with Gasteiger partial charge in [0.15, 0.2) is 6.61 Å². The third-order valence-electron chi connectivity index (χ3n) is 4.16. The lowest BCUT2D eigenvalue weighted by molar-refractivity contribution is -0.136. The summed E-state index contributed by atoms with van der Waals surface area (Å²) < 4.78 is 10.6. The number of halogens is 1. The maximum atomic E-state index is 12.4. The average Bonchev–Trinajstić information content (AvgIpc) is 2.70. The molecule has 6 heteroatoms. The summed E-state index contributed by atoms with van der Waals surface area (Å²) >= 11 is 5.98. The van der Waals surface area contributed by atoms with Crippen molar-refractivity contribution in [2.75, 3.05) is 11.9 Å². The van der Waals surface area contributed by atoms with Gasteiger partial charge in [0.2, 0.25) is 0 Å². The molecule has 3 aromatic carbocycles. The van der Waals surface area contributed by atoms with Gasteiger partial charge in [-0.05, 0) is 61.9 Å². The quantitative estimate of drug-likeness (QED) is 0.449. The number of amides is 1. The lowest BCUT2D eigenvalue weighted by Crippen LogP contribution is -2.18. The van der Waals surface area contributed by atoms with Gasteiger partial charge in [0.1, 0.15) is 11.5 Å². The van der Waals surface area contributed by atoms with Crippen LogP contribution in [0.3, 0.4) is 0 Å². The van der Waals surface area contributed by atoms with E-state index in [-0.39, 0.29) is 12.5 Å². The normalized spacial score (nSPS) is 10.3. The standard InChI is InChI=1S/C23H20ClNO4/c1-15-7-12-20(16(2)13-15)25-23(27)17-8-10-18(11-9-17)29-22(26)14-28-21-6-4-3-5-19(21)24/h3-13H,14H2,1-2H3,(H,25,27). The largest absolute Gasteiger partial charge is 0.480 e. The fourth-order valence-corrected chi connectivity index (χ4v) is 2.87. The topological polar surface area (TPSA) is 64.6 Å². The van der Waals surface area contributed by atoms with E-state index in [0.29, 0.717) is 22.1 Å². The lowest BCUT2D eigenvalue weighted by Gasteiger charge is -2.10. The molecule has 0 spiro atoms. The fraction of sp³-hybridized carbons (Fsp3) is 0.130. The molecule has 0 aromatic heterocycles. The number of carbonyl (C=O) groups excluding carboxylic acids is 2. The molecule has 0 aliphatic rings. The van der Waals surface area contributed by atoms with Crippen molar-refractivity contribution in [2.45, 2.75) is 13.8 Å². The Hall–Kier alpha value is -3.31. The van der Waals surface area contributed by atoms with Gasteiger partial charge in [-0.15, -0.1) is 0 Å². The van der Waals surface area contributed by atoms with Gasteiger partial charge in [-0.25, -0.2) is 4.79 Å². The summed E-state index contributed by atoms with van der Waals surface area (Å²) in [6.45, 7) is 3.66. The number of para-hydroxylation sites is 1. The summed E-state index contributed by atoms with van der Waals surface area (Å²) in [4.78, 5) is 24.4. The zero-order valence-electron chi connectivity index (χ0n) is 16.1. The Bertz CT molecular complexity index is 1030. The Kier molecular flexibility index (Phi) is 6.52. The first kappa shape index (κ1) is 20.4. The molecule has 3 aromatic rings. The van der Waals surface area contributed by atoms with E-state index in [0.717, 1.165) is 16.8 Å². The molecule has 5 nitrogen and oxygen atoms in total. The Balaban J connectivity index is 1.56. The molecule has 29 heavy (non-hydrogen) atoms. The lowest BCUT2D eigenvalue weighted by atomic mass is 10.1. The first-order valence-corrected chi connectivity index (χ1v) is 9.37. The predicted octanol–water partition coefficient (Wildman–Crippen LogP) is 5.19. The van der Waals surface area contributed by atoms with E-state index in [1.807, 2.05) is 32.0 Å². The molecule has 0 bridgehead atoms. The summed E-state index contributed by atoms with van der Waals surface area (Å²) in [5, 5.41) is 3.29. The Morgan fingerprint density at radius 3 is 2.38 bits per heavy atom. The Morgan fingerprint density at radius 2 is 1.69 bits per heavy atom. The third-order valence-corrected chi connectivity index (χ3v) is 4.47. The van der Waals surface area contributed by atoms with Gasteiger partial charge in [0.25, 0.3) is 5.91 Å². The van der Waals surface area contributed by atoms with Gasteiger partial charge >= 0.3 is 5.97 Å². The molecule has 0 fully saturated rings. The summed E-state index contributed by atoms with van der Waals surface area (Å²) in [6.07, 6.45) is 0. The van der Waals surface area contributed by atoms with E-state index in [2.05, 4.69) is 5.32 Å². The van der Waals surface area contributed by atoms with E-state index in [1.165, 1.54) is 0 Å². The number of nitrogens with one attached hydrogen (secondary N) is 1. The molecule has 0 heterocycles. The molecular formula is C23H20ClNO4. The smallest absolute Gasteiger partial charge is 0.349 e. The monoisotopic (exact) mass is 409 g/mol. The number of hydrogen-bond acceptors (Lipinski definition) is 4. The summed E-state index contributed by atoms with van der Waals surface area (Å²) in [5.74, 6) is -0.0837. The Labute approximate surface area is 174 Å². The molecule has 3 rings (SSSR count). The van der Waals surface area contributed by atoms with Crippen molar-refractivity contribution in [1.29, 1.82) is 0 Å². The van der Waals surface area contributed by atoms with Crippen molar-refractivity contribution in [3.05, 3.63) is 88.4 Å². The molecule has 1 N–H and O–H groups in total. The molecule has 0 saturated carbocycles. The second-order valence-electron chi connectivity index (χ2n) is 6.49. The molecule has 0 radical (unpaired) electrons. The number of benzene rings is 3. The van der Waals surface area contributed by atoms with Gasteiger partial charge in [-0.3, -0.25) is 4.79 Å². The minimum atomic E-state index is -0.572. The highest BCUT2D eigenvalue weighted by Gasteiger charge is 2.11. The van der Waals surface area contributed by atoms with Crippen molar-refractivity contribution in [3.63, 3.8) is 0 Å². The predicted molar refractivity (Wildman–Crippen MR) is 113 cm³/mol. The minimum Gasteiger partial charge on any atom is -0.480 e. The maximum Gasteiger partial charge on any atom is 0.349 e. The third kappa shape index (κ3) is 5.59. The highest BCUT2D eigenvalue weighted by Crippen LogP contribution is 2.23. The van der Waals surface area contributed by atoms with Crippen LogP contribution in [0.25, 0.3) is 0 Å². The van der Waals surface area contributed by atoms with E-state index < -0.39 is 5.97 Å². The van der Waals surface area contributed by atoms with Crippen molar-refractivity contribution >= 4 is 29.2 Å². The second-order valence-corrected chi connectivity index (χ2v) is 6.90. The average molecular weight is 410 g/mol. The molecule has 0 atom stereocenters. The van der Waals surface area contributed by atoms with E-state index in [1.54, 1.807) is 48.5 Å². The van der Waals surface area contributed by atoms with Crippen molar-refractivity contribution in [3.8, 4) is 11.5 Å². The molecule has 1 amide bonds. The van der Waals surface area contributed by atoms with Gasteiger partial charge in [-0.1, -0.05) is 41.4 Å². The van der Waals surface area contributed by atoms with E-state index in [9.17, 15) is 9.59 Å². The fourth-order valence-electron chi connectivity index (χ4n) is 2.68. The number of esters is 1. The first-order chi connectivity index (χ1) is 13.9. The highest BCUT2D eigenvalue weighted by atomic mass is 35.5. The van der Waals surface area contributed by atoms with Gasteiger partial charge < -0.3 is 14.8 Å². The molecule has 0 aliphatic carbocycles. The zero-order valence-corrected chi connectivity index (χ0v) is 16.8. The number of anilines is 1. The number of ether oxygens (including phenoxy) is 2. The van der Waals surface area contributed by atoms with E-state index >= 15 is 0 Å². The van der Waals surface area contributed by atoms with Crippen LogP contribution in [0.5, 0.6) is 11.5 Å². The number of aryl methyl sites for hydroxylation is 2. The number of rotatable bonds is 6. The summed E-state index contributed by atoms with van der Waals surface area (Å²) in [5.41, 5.74) is 3.33. The van der Waals surface area contributed by atoms with Gasteiger partial charge in [0.05, 0.1) is 5.02 Å². The van der Waals surface area contributed by atoms with E-state index in [4.69, 9.17) is 21.1 Å².